The Morgan fingerprint density at radius 1 is 1.31 bits per heavy atom. The molecule has 1 aromatic heterocycles. The van der Waals surface area contributed by atoms with Crippen LogP contribution in [0.15, 0.2) is 39.9 Å². The van der Waals surface area contributed by atoms with Gasteiger partial charge in [-0.25, -0.2) is 4.79 Å². The van der Waals surface area contributed by atoms with Crippen molar-refractivity contribution in [1.82, 2.24) is 14.5 Å². The van der Waals surface area contributed by atoms with E-state index >= 15 is 0 Å². The molecule has 0 aliphatic carbocycles. The summed E-state index contributed by atoms with van der Waals surface area (Å²) in [6.45, 7) is 1.79. The molecule has 1 aromatic carbocycles. The van der Waals surface area contributed by atoms with E-state index in [-0.39, 0.29) is 17.8 Å². The van der Waals surface area contributed by atoms with Gasteiger partial charge in [-0.3, -0.25) is 13.9 Å². The SMILES string of the molecule is CN[C@@H]1CCCN(c2cc(=O)n(C)c(=O)n2Cc2ccccc2C#N)C1. The van der Waals surface area contributed by atoms with Crippen LogP contribution < -0.4 is 21.5 Å². The second-order valence-corrected chi connectivity index (χ2v) is 6.61. The summed E-state index contributed by atoms with van der Waals surface area (Å²) in [5, 5.41) is 12.6. The van der Waals surface area contributed by atoms with Crippen LogP contribution in [-0.2, 0) is 13.6 Å². The van der Waals surface area contributed by atoms with Crippen molar-refractivity contribution in [1.29, 1.82) is 5.26 Å². The normalized spacial score (nSPS) is 17.1. The Balaban J connectivity index is 2.09. The van der Waals surface area contributed by atoms with Gasteiger partial charge in [-0.05, 0) is 31.5 Å². The van der Waals surface area contributed by atoms with Crippen LogP contribution in [0.25, 0.3) is 0 Å². The summed E-state index contributed by atoms with van der Waals surface area (Å²) >= 11 is 0. The molecule has 3 rings (SSSR count). The molecule has 1 aliphatic rings. The van der Waals surface area contributed by atoms with Crippen LogP contribution in [0.2, 0.25) is 0 Å². The highest BCUT2D eigenvalue weighted by atomic mass is 16.2. The van der Waals surface area contributed by atoms with E-state index < -0.39 is 0 Å². The minimum atomic E-state index is -0.369. The van der Waals surface area contributed by atoms with Crippen LogP contribution in [0.3, 0.4) is 0 Å². The molecular weight excluding hydrogens is 330 g/mol. The number of rotatable bonds is 4. The lowest BCUT2D eigenvalue weighted by atomic mass is 10.1. The Kier molecular flexibility index (Phi) is 5.24. The van der Waals surface area contributed by atoms with Gasteiger partial charge in [0.05, 0.1) is 18.2 Å². The van der Waals surface area contributed by atoms with Gasteiger partial charge in [0.2, 0.25) is 0 Å². The van der Waals surface area contributed by atoms with E-state index in [1.807, 2.05) is 19.2 Å². The van der Waals surface area contributed by atoms with Crippen LogP contribution in [0.4, 0.5) is 5.82 Å². The molecule has 1 N–H and O–H groups in total. The quantitative estimate of drug-likeness (QED) is 0.873. The van der Waals surface area contributed by atoms with E-state index in [1.165, 1.54) is 13.1 Å². The predicted octanol–water partition coefficient (Wildman–Crippen LogP) is 0.655. The molecule has 7 heteroatoms. The number of nitriles is 1. The first-order chi connectivity index (χ1) is 12.5. The lowest BCUT2D eigenvalue weighted by Crippen LogP contribution is -2.48. The number of hydrogen-bond donors (Lipinski definition) is 1. The van der Waals surface area contributed by atoms with Gasteiger partial charge in [0.15, 0.2) is 0 Å². The number of anilines is 1. The monoisotopic (exact) mass is 353 g/mol. The molecule has 1 aliphatic heterocycles. The molecule has 1 saturated heterocycles. The zero-order chi connectivity index (χ0) is 18.7. The molecule has 7 nitrogen and oxygen atoms in total. The first kappa shape index (κ1) is 18.0. The minimum absolute atomic E-state index is 0.257. The zero-order valence-electron chi connectivity index (χ0n) is 15.1. The Morgan fingerprint density at radius 3 is 2.81 bits per heavy atom. The van der Waals surface area contributed by atoms with Crippen molar-refractivity contribution in [2.45, 2.75) is 25.4 Å². The van der Waals surface area contributed by atoms with Gasteiger partial charge >= 0.3 is 5.69 Å². The van der Waals surface area contributed by atoms with Gasteiger partial charge in [-0.2, -0.15) is 5.26 Å². The second kappa shape index (κ2) is 7.58. The van der Waals surface area contributed by atoms with Crippen LogP contribution in [0, 0.1) is 11.3 Å². The van der Waals surface area contributed by atoms with Crippen molar-refractivity contribution < 1.29 is 0 Å². The predicted molar refractivity (Wildman–Crippen MR) is 100 cm³/mol. The molecular formula is C19H23N5O2. The third-order valence-corrected chi connectivity index (χ3v) is 5.00. The van der Waals surface area contributed by atoms with Crippen LogP contribution in [0.5, 0.6) is 0 Å². The highest BCUT2D eigenvalue weighted by molar-refractivity contribution is 5.42. The summed E-state index contributed by atoms with van der Waals surface area (Å²) in [5.41, 5.74) is 0.610. The van der Waals surface area contributed by atoms with E-state index in [9.17, 15) is 14.9 Å². The lowest BCUT2D eigenvalue weighted by molar-refractivity contribution is 0.441. The summed E-state index contributed by atoms with van der Waals surface area (Å²) < 4.78 is 2.70. The van der Waals surface area contributed by atoms with Crippen molar-refractivity contribution in [3.05, 3.63) is 62.3 Å². The number of benzene rings is 1. The van der Waals surface area contributed by atoms with E-state index in [1.54, 1.807) is 16.7 Å². The van der Waals surface area contributed by atoms with Crippen molar-refractivity contribution in [3.63, 3.8) is 0 Å². The fraction of sp³-hybridized carbons (Fsp3) is 0.421. The summed E-state index contributed by atoms with van der Waals surface area (Å²) in [4.78, 5) is 27.1. The lowest BCUT2D eigenvalue weighted by Gasteiger charge is -2.35. The number of aromatic nitrogens is 2. The molecule has 0 spiro atoms. The third-order valence-electron chi connectivity index (χ3n) is 5.00. The number of nitrogens with zero attached hydrogens (tertiary/aromatic N) is 4. The highest BCUT2D eigenvalue weighted by Crippen LogP contribution is 2.19. The Labute approximate surface area is 152 Å². The van der Waals surface area contributed by atoms with Gasteiger partial charge in [-0.1, -0.05) is 18.2 Å². The fourth-order valence-electron chi connectivity index (χ4n) is 3.43. The average molecular weight is 353 g/mol. The van der Waals surface area contributed by atoms with Gasteiger partial charge in [0, 0.05) is 32.2 Å². The maximum absolute atomic E-state index is 12.8. The molecule has 26 heavy (non-hydrogen) atoms. The number of likely N-dealkylation sites (N-methyl/N-ethyl adjacent to an activating group) is 1. The maximum Gasteiger partial charge on any atom is 0.332 e. The highest BCUT2D eigenvalue weighted by Gasteiger charge is 2.23. The summed E-state index contributed by atoms with van der Waals surface area (Å²) in [6.07, 6.45) is 2.06. The second-order valence-electron chi connectivity index (χ2n) is 6.61. The summed E-state index contributed by atoms with van der Waals surface area (Å²) in [6, 6.07) is 11.2. The number of hydrogen-bond acceptors (Lipinski definition) is 5. The Hall–Kier alpha value is -2.85. The van der Waals surface area contributed by atoms with Gasteiger partial charge in [0.1, 0.15) is 5.82 Å². The summed E-state index contributed by atoms with van der Waals surface area (Å²) in [5.74, 6) is 0.616. The zero-order valence-corrected chi connectivity index (χ0v) is 15.1. The standard InChI is InChI=1S/C19H23N5O2/c1-21-16-8-5-9-23(13-16)17-10-18(25)22(2)19(26)24(17)12-15-7-4-3-6-14(15)11-20/h3-4,6-7,10,16,21H,5,8-9,12-13H2,1-2H3/t16-/m1/s1. The van der Waals surface area contributed by atoms with E-state index in [4.69, 9.17) is 0 Å². The van der Waals surface area contributed by atoms with Crippen LogP contribution in [-0.4, -0.2) is 35.3 Å². The molecule has 0 bridgehead atoms. The van der Waals surface area contributed by atoms with Crippen molar-refractivity contribution in [3.8, 4) is 6.07 Å². The van der Waals surface area contributed by atoms with Gasteiger partial charge < -0.3 is 10.2 Å². The van der Waals surface area contributed by atoms with Gasteiger partial charge in [-0.15, -0.1) is 0 Å². The first-order valence-electron chi connectivity index (χ1n) is 8.76. The first-order valence-corrected chi connectivity index (χ1v) is 8.76. The molecule has 0 radical (unpaired) electrons. The number of nitrogens with one attached hydrogen (secondary N) is 1. The molecule has 1 fully saturated rings. The molecule has 2 heterocycles. The molecule has 1 atom stereocenters. The van der Waals surface area contributed by atoms with Crippen molar-refractivity contribution in [2.24, 2.45) is 7.05 Å². The average Bonchev–Trinajstić information content (AvgIpc) is 2.68. The maximum atomic E-state index is 12.8. The topological polar surface area (TPSA) is 83.1 Å². The number of piperidine rings is 1. The van der Waals surface area contributed by atoms with Crippen LogP contribution >= 0.6 is 0 Å². The fourth-order valence-corrected chi connectivity index (χ4v) is 3.43. The summed E-state index contributed by atoms with van der Waals surface area (Å²) in [7, 11) is 3.40. The molecule has 2 aromatic rings. The molecule has 136 valence electrons. The van der Waals surface area contributed by atoms with E-state index in [0.717, 1.165) is 36.1 Å². The smallest absolute Gasteiger partial charge is 0.332 e. The third kappa shape index (κ3) is 3.41. The van der Waals surface area contributed by atoms with E-state index in [0.29, 0.717) is 17.4 Å². The van der Waals surface area contributed by atoms with Gasteiger partial charge in [0.25, 0.3) is 5.56 Å². The largest absolute Gasteiger partial charge is 0.356 e. The van der Waals surface area contributed by atoms with Crippen molar-refractivity contribution in [2.75, 3.05) is 25.0 Å². The van der Waals surface area contributed by atoms with E-state index in [2.05, 4.69) is 16.3 Å². The van der Waals surface area contributed by atoms with Crippen molar-refractivity contribution >= 4 is 5.82 Å². The Bertz CT molecular complexity index is 954. The minimum Gasteiger partial charge on any atom is -0.356 e. The molecule has 0 amide bonds. The van der Waals surface area contributed by atoms with Crippen LogP contribution in [0.1, 0.15) is 24.0 Å². The Morgan fingerprint density at radius 2 is 2.08 bits per heavy atom. The molecule has 0 saturated carbocycles. The molecule has 0 unspecified atom stereocenters.